The second-order valence-electron chi connectivity index (χ2n) is 10.5. The lowest BCUT2D eigenvalue weighted by molar-refractivity contribution is -0.116. The van der Waals surface area contributed by atoms with Crippen molar-refractivity contribution in [3.05, 3.63) is 89.5 Å². The molecule has 3 aromatic carbocycles. The van der Waals surface area contributed by atoms with E-state index in [9.17, 15) is 4.79 Å². The summed E-state index contributed by atoms with van der Waals surface area (Å²) in [5.41, 5.74) is 6.75. The number of amides is 1. The maximum absolute atomic E-state index is 13.4. The van der Waals surface area contributed by atoms with Crippen molar-refractivity contribution >= 4 is 23.4 Å². The molecule has 6 heteroatoms. The van der Waals surface area contributed by atoms with E-state index in [-0.39, 0.29) is 17.4 Å². The molecule has 5 rings (SSSR count). The van der Waals surface area contributed by atoms with Gasteiger partial charge in [0, 0.05) is 17.3 Å². The molecule has 184 valence electrons. The van der Waals surface area contributed by atoms with Gasteiger partial charge in [-0.15, -0.1) is 10.2 Å². The van der Waals surface area contributed by atoms with Gasteiger partial charge in [0.2, 0.25) is 5.91 Å². The molecule has 0 spiro atoms. The number of hydrogen-bond donors (Lipinski definition) is 0. The molecule has 2 heterocycles. The van der Waals surface area contributed by atoms with Crippen molar-refractivity contribution in [3.63, 3.8) is 0 Å². The Kier molecular flexibility index (Phi) is 6.47. The third kappa shape index (κ3) is 4.58. The summed E-state index contributed by atoms with van der Waals surface area (Å²) in [6.45, 7) is 10.8. The molecule has 1 amide bonds. The average molecular weight is 497 g/mol. The van der Waals surface area contributed by atoms with Gasteiger partial charge in [-0.25, -0.2) is 0 Å². The van der Waals surface area contributed by atoms with E-state index < -0.39 is 0 Å². The second kappa shape index (κ2) is 9.58. The molecule has 1 aliphatic heterocycles. The highest BCUT2D eigenvalue weighted by atomic mass is 32.2. The molecule has 0 fully saturated rings. The molecular formula is C30H32N4OS. The number of anilines is 1. The lowest BCUT2D eigenvalue weighted by atomic mass is 9.87. The maximum Gasteiger partial charge on any atom is 0.237 e. The summed E-state index contributed by atoms with van der Waals surface area (Å²) in [4.78, 5) is 15.3. The Bertz CT molecular complexity index is 1400. The van der Waals surface area contributed by atoms with E-state index >= 15 is 0 Å². The van der Waals surface area contributed by atoms with E-state index in [1.54, 1.807) is 0 Å². The fraction of sp³-hybridized carbons (Fsp3) is 0.300. The number of thioether (sulfide) groups is 1. The van der Waals surface area contributed by atoms with E-state index in [0.29, 0.717) is 10.9 Å². The van der Waals surface area contributed by atoms with Crippen LogP contribution in [0, 0.1) is 6.92 Å². The minimum Gasteiger partial charge on any atom is -0.308 e. The van der Waals surface area contributed by atoms with E-state index in [4.69, 9.17) is 0 Å². The van der Waals surface area contributed by atoms with Gasteiger partial charge >= 0.3 is 0 Å². The van der Waals surface area contributed by atoms with Crippen molar-refractivity contribution in [1.29, 1.82) is 0 Å². The number of aromatic nitrogens is 3. The SMILES string of the molecule is Cc1ccccc1-n1c(SCC(=O)N2c3ccccc3CC2C)nnc1-c1ccc(C(C)(C)C)cc1. The largest absolute Gasteiger partial charge is 0.308 e. The van der Waals surface area contributed by atoms with Gasteiger partial charge in [-0.2, -0.15) is 0 Å². The average Bonchev–Trinajstić information content (AvgIpc) is 3.42. The predicted octanol–water partition coefficient (Wildman–Crippen LogP) is 6.61. The van der Waals surface area contributed by atoms with Crippen LogP contribution in [0.4, 0.5) is 5.69 Å². The first-order valence-electron chi connectivity index (χ1n) is 12.4. The van der Waals surface area contributed by atoms with Crippen LogP contribution < -0.4 is 4.90 Å². The maximum atomic E-state index is 13.4. The number of aryl methyl sites for hydroxylation is 1. The van der Waals surface area contributed by atoms with E-state index in [2.05, 4.69) is 91.8 Å². The topological polar surface area (TPSA) is 51.0 Å². The Morgan fingerprint density at radius 1 is 0.944 bits per heavy atom. The van der Waals surface area contributed by atoms with Crippen LogP contribution in [0.25, 0.3) is 17.1 Å². The highest BCUT2D eigenvalue weighted by molar-refractivity contribution is 7.99. The molecule has 36 heavy (non-hydrogen) atoms. The first kappa shape index (κ1) is 24.3. The summed E-state index contributed by atoms with van der Waals surface area (Å²) in [5, 5.41) is 9.85. The molecule has 0 aliphatic carbocycles. The van der Waals surface area contributed by atoms with Crippen molar-refractivity contribution in [2.75, 3.05) is 10.7 Å². The quantitative estimate of drug-likeness (QED) is 0.292. The molecule has 1 aliphatic rings. The Morgan fingerprint density at radius 3 is 2.31 bits per heavy atom. The van der Waals surface area contributed by atoms with Gasteiger partial charge in [0.15, 0.2) is 11.0 Å². The monoisotopic (exact) mass is 496 g/mol. The van der Waals surface area contributed by atoms with Gasteiger partial charge in [-0.3, -0.25) is 9.36 Å². The van der Waals surface area contributed by atoms with E-state index in [1.165, 1.54) is 22.9 Å². The molecule has 0 bridgehead atoms. The van der Waals surface area contributed by atoms with Crippen LogP contribution in [0.3, 0.4) is 0 Å². The third-order valence-corrected chi connectivity index (χ3v) is 7.71. The van der Waals surface area contributed by atoms with Gasteiger partial charge in [-0.1, -0.05) is 93.2 Å². The van der Waals surface area contributed by atoms with Crippen LogP contribution in [0.2, 0.25) is 0 Å². The van der Waals surface area contributed by atoms with Crippen LogP contribution in [-0.2, 0) is 16.6 Å². The lowest BCUT2D eigenvalue weighted by Gasteiger charge is -2.22. The minimum atomic E-state index is 0.0783. The van der Waals surface area contributed by atoms with Crippen LogP contribution in [0.15, 0.2) is 78.0 Å². The van der Waals surface area contributed by atoms with E-state index in [1.807, 2.05) is 35.2 Å². The standard InChI is InChI=1S/C30H32N4OS/c1-20-10-6-8-12-25(20)34-28(22-14-16-24(17-15-22)30(3,4)5)31-32-29(34)36-19-27(35)33-21(2)18-23-11-7-9-13-26(23)33/h6-17,21H,18-19H2,1-5H3. The molecule has 0 N–H and O–H groups in total. The van der Waals surface area contributed by atoms with E-state index in [0.717, 1.165) is 34.7 Å². The van der Waals surface area contributed by atoms with Crippen LogP contribution in [0.1, 0.15) is 44.4 Å². The predicted molar refractivity (Wildman–Crippen MR) is 148 cm³/mol. The normalized spacial score (nSPS) is 15.2. The molecule has 0 radical (unpaired) electrons. The fourth-order valence-corrected chi connectivity index (χ4v) is 5.65. The number of rotatable bonds is 5. The summed E-state index contributed by atoms with van der Waals surface area (Å²) in [5.74, 6) is 1.17. The van der Waals surface area contributed by atoms with Crippen LogP contribution in [0.5, 0.6) is 0 Å². The Morgan fingerprint density at radius 2 is 1.61 bits per heavy atom. The summed E-state index contributed by atoms with van der Waals surface area (Å²) in [6.07, 6.45) is 0.890. The molecule has 0 saturated carbocycles. The van der Waals surface area contributed by atoms with Crippen molar-refractivity contribution < 1.29 is 4.79 Å². The van der Waals surface area contributed by atoms with Gasteiger partial charge < -0.3 is 4.90 Å². The first-order valence-corrected chi connectivity index (χ1v) is 13.4. The minimum absolute atomic E-state index is 0.0783. The van der Waals surface area contributed by atoms with Crippen molar-refractivity contribution in [2.45, 2.75) is 57.7 Å². The van der Waals surface area contributed by atoms with Gasteiger partial charge in [0.05, 0.1) is 11.4 Å². The van der Waals surface area contributed by atoms with Crippen molar-refractivity contribution in [3.8, 4) is 17.1 Å². The second-order valence-corrected chi connectivity index (χ2v) is 11.4. The molecular weight excluding hydrogens is 464 g/mol. The Hall–Kier alpha value is -3.38. The lowest BCUT2D eigenvalue weighted by Crippen LogP contribution is -2.37. The zero-order chi connectivity index (χ0) is 25.4. The van der Waals surface area contributed by atoms with Crippen molar-refractivity contribution in [1.82, 2.24) is 14.8 Å². The number of benzene rings is 3. The Balaban J connectivity index is 1.47. The van der Waals surface area contributed by atoms with Gasteiger partial charge in [-0.05, 0) is 54.5 Å². The molecule has 1 aromatic heterocycles. The Labute approximate surface area is 217 Å². The number of hydrogen-bond acceptors (Lipinski definition) is 4. The molecule has 5 nitrogen and oxygen atoms in total. The van der Waals surface area contributed by atoms with Crippen LogP contribution >= 0.6 is 11.8 Å². The van der Waals surface area contributed by atoms with Gasteiger partial charge in [0.25, 0.3) is 0 Å². The smallest absolute Gasteiger partial charge is 0.237 e. The number of fused-ring (bicyclic) bond motifs is 1. The number of carbonyl (C=O) groups is 1. The summed E-state index contributed by atoms with van der Waals surface area (Å²) in [7, 11) is 0. The zero-order valence-electron chi connectivity index (χ0n) is 21.5. The van der Waals surface area contributed by atoms with Crippen LogP contribution in [-0.4, -0.2) is 32.5 Å². The molecule has 0 saturated heterocycles. The summed E-state index contributed by atoms with van der Waals surface area (Å²) >= 11 is 1.44. The fourth-order valence-electron chi connectivity index (χ4n) is 4.84. The molecule has 1 atom stereocenters. The first-order chi connectivity index (χ1) is 17.2. The highest BCUT2D eigenvalue weighted by Crippen LogP contribution is 2.34. The highest BCUT2D eigenvalue weighted by Gasteiger charge is 2.31. The summed E-state index contributed by atoms with van der Waals surface area (Å²) in [6, 6.07) is 25.1. The molecule has 4 aromatic rings. The number of nitrogens with zero attached hydrogens (tertiary/aromatic N) is 4. The number of para-hydroxylation sites is 2. The van der Waals surface area contributed by atoms with Crippen molar-refractivity contribution in [2.24, 2.45) is 0 Å². The van der Waals surface area contributed by atoms with Gasteiger partial charge in [0.1, 0.15) is 0 Å². The zero-order valence-corrected chi connectivity index (χ0v) is 22.3. The number of carbonyl (C=O) groups excluding carboxylic acids is 1. The summed E-state index contributed by atoms with van der Waals surface area (Å²) < 4.78 is 2.08. The third-order valence-electron chi connectivity index (χ3n) is 6.80. The molecule has 1 unspecified atom stereocenters.